The molecule has 0 aliphatic carbocycles. The van der Waals surface area contributed by atoms with Gasteiger partial charge in [0.15, 0.2) is 0 Å². The maximum atomic E-state index is 12.3. The van der Waals surface area contributed by atoms with Crippen molar-refractivity contribution in [3.05, 3.63) is 48.5 Å². The normalized spacial score (nSPS) is 10.6. The van der Waals surface area contributed by atoms with Gasteiger partial charge in [-0.15, -0.1) is 0 Å². The standard InChI is InChI=1S/C23H32N2O4/c1-4-27-13-14-29-22-10-6-8-20(16-22)25-23(26)17-24-19-7-5-9-21(15-19)28-12-11-18(2)3/h5-10,15-16,18,24H,4,11-14,17H2,1-3H3,(H,25,26). The Kier molecular flexibility index (Phi) is 9.86. The first-order valence-corrected chi connectivity index (χ1v) is 10.1. The van der Waals surface area contributed by atoms with Crippen molar-refractivity contribution in [1.29, 1.82) is 0 Å². The van der Waals surface area contributed by atoms with Gasteiger partial charge >= 0.3 is 0 Å². The fraction of sp³-hybridized carbons (Fsp3) is 0.435. The average molecular weight is 401 g/mol. The molecule has 6 heteroatoms. The van der Waals surface area contributed by atoms with Crippen LogP contribution in [0.1, 0.15) is 27.2 Å². The highest BCUT2D eigenvalue weighted by atomic mass is 16.5. The fourth-order valence-electron chi connectivity index (χ4n) is 2.52. The van der Waals surface area contributed by atoms with Crippen molar-refractivity contribution in [1.82, 2.24) is 0 Å². The highest BCUT2D eigenvalue weighted by Gasteiger charge is 2.05. The summed E-state index contributed by atoms with van der Waals surface area (Å²) in [6, 6.07) is 15.0. The molecule has 0 spiro atoms. The molecular formula is C23H32N2O4. The zero-order valence-electron chi connectivity index (χ0n) is 17.6. The van der Waals surface area contributed by atoms with E-state index in [1.165, 1.54) is 0 Å². The molecule has 0 aromatic heterocycles. The third-order valence-electron chi connectivity index (χ3n) is 4.07. The summed E-state index contributed by atoms with van der Waals surface area (Å²) in [4.78, 5) is 12.3. The van der Waals surface area contributed by atoms with Crippen LogP contribution in [-0.2, 0) is 9.53 Å². The van der Waals surface area contributed by atoms with Gasteiger partial charge in [0.2, 0.25) is 5.91 Å². The molecule has 0 heterocycles. The summed E-state index contributed by atoms with van der Waals surface area (Å²) in [6.45, 7) is 8.81. The van der Waals surface area contributed by atoms with E-state index in [1.54, 1.807) is 6.07 Å². The second-order valence-corrected chi connectivity index (χ2v) is 7.03. The molecule has 2 rings (SSSR count). The summed E-state index contributed by atoms with van der Waals surface area (Å²) in [5.41, 5.74) is 1.53. The second kappa shape index (κ2) is 12.7. The van der Waals surface area contributed by atoms with E-state index < -0.39 is 0 Å². The van der Waals surface area contributed by atoms with Crippen molar-refractivity contribution >= 4 is 17.3 Å². The van der Waals surface area contributed by atoms with Crippen LogP contribution < -0.4 is 20.1 Å². The number of anilines is 2. The predicted molar refractivity (Wildman–Crippen MR) is 117 cm³/mol. The minimum Gasteiger partial charge on any atom is -0.494 e. The van der Waals surface area contributed by atoms with Crippen molar-refractivity contribution in [3.63, 3.8) is 0 Å². The molecule has 0 aliphatic heterocycles. The highest BCUT2D eigenvalue weighted by Crippen LogP contribution is 2.19. The lowest BCUT2D eigenvalue weighted by Gasteiger charge is -2.12. The van der Waals surface area contributed by atoms with Gasteiger partial charge in [0.1, 0.15) is 18.1 Å². The predicted octanol–water partition coefficient (Wildman–Crippen LogP) is 4.58. The largest absolute Gasteiger partial charge is 0.494 e. The van der Waals surface area contributed by atoms with Gasteiger partial charge in [-0.3, -0.25) is 4.79 Å². The van der Waals surface area contributed by atoms with E-state index >= 15 is 0 Å². The molecule has 2 aromatic carbocycles. The van der Waals surface area contributed by atoms with Gasteiger partial charge in [0, 0.05) is 30.1 Å². The van der Waals surface area contributed by atoms with Crippen LogP contribution >= 0.6 is 0 Å². The van der Waals surface area contributed by atoms with Gasteiger partial charge in [-0.05, 0) is 43.5 Å². The van der Waals surface area contributed by atoms with Crippen molar-refractivity contribution in [2.24, 2.45) is 5.92 Å². The molecule has 0 atom stereocenters. The van der Waals surface area contributed by atoms with Gasteiger partial charge in [-0.25, -0.2) is 0 Å². The van der Waals surface area contributed by atoms with E-state index in [1.807, 2.05) is 49.4 Å². The number of carbonyl (C=O) groups is 1. The van der Waals surface area contributed by atoms with Crippen molar-refractivity contribution in [2.75, 3.05) is 43.6 Å². The van der Waals surface area contributed by atoms with Crippen molar-refractivity contribution in [2.45, 2.75) is 27.2 Å². The molecule has 0 radical (unpaired) electrons. The van der Waals surface area contributed by atoms with E-state index in [2.05, 4.69) is 24.5 Å². The van der Waals surface area contributed by atoms with Gasteiger partial charge in [-0.2, -0.15) is 0 Å². The molecule has 0 unspecified atom stereocenters. The monoisotopic (exact) mass is 400 g/mol. The van der Waals surface area contributed by atoms with E-state index in [4.69, 9.17) is 14.2 Å². The number of benzene rings is 2. The highest BCUT2D eigenvalue weighted by molar-refractivity contribution is 5.93. The Morgan fingerprint density at radius 3 is 2.28 bits per heavy atom. The third-order valence-corrected chi connectivity index (χ3v) is 4.07. The molecular weight excluding hydrogens is 368 g/mol. The number of hydrogen-bond donors (Lipinski definition) is 2. The van der Waals surface area contributed by atoms with Crippen LogP contribution in [0.15, 0.2) is 48.5 Å². The summed E-state index contributed by atoms with van der Waals surface area (Å²) < 4.78 is 16.6. The zero-order chi connectivity index (χ0) is 20.9. The topological polar surface area (TPSA) is 68.8 Å². The molecule has 1 amide bonds. The van der Waals surface area contributed by atoms with Gasteiger partial charge in [0.05, 0.1) is 19.8 Å². The number of ether oxygens (including phenoxy) is 3. The molecule has 2 N–H and O–H groups in total. The van der Waals surface area contributed by atoms with E-state index in [0.717, 1.165) is 17.9 Å². The smallest absolute Gasteiger partial charge is 0.243 e. The van der Waals surface area contributed by atoms with Crippen LogP contribution in [0, 0.1) is 5.92 Å². The average Bonchev–Trinajstić information content (AvgIpc) is 2.70. The molecule has 158 valence electrons. The van der Waals surface area contributed by atoms with Crippen LogP contribution in [0.5, 0.6) is 11.5 Å². The van der Waals surface area contributed by atoms with Crippen LogP contribution in [0.25, 0.3) is 0 Å². The number of hydrogen-bond acceptors (Lipinski definition) is 5. The Bertz CT molecular complexity index is 749. The Morgan fingerprint density at radius 2 is 1.59 bits per heavy atom. The maximum Gasteiger partial charge on any atom is 0.243 e. The summed E-state index contributed by atoms with van der Waals surface area (Å²) >= 11 is 0. The number of amides is 1. The Morgan fingerprint density at radius 1 is 0.931 bits per heavy atom. The number of rotatable bonds is 13. The SMILES string of the molecule is CCOCCOc1cccc(NC(=O)CNc2cccc(OCCC(C)C)c2)c1. The summed E-state index contributed by atoms with van der Waals surface area (Å²) in [7, 11) is 0. The molecule has 0 saturated heterocycles. The minimum absolute atomic E-state index is 0.136. The van der Waals surface area contributed by atoms with Crippen molar-refractivity contribution in [3.8, 4) is 11.5 Å². The van der Waals surface area contributed by atoms with E-state index in [9.17, 15) is 4.79 Å². The summed E-state index contributed by atoms with van der Waals surface area (Å²) in [5.74, 6) is 1.96. The first kappa shape index (κ1) is 22.6. The molecule has 0 saturated carbocycles. The zero-order valence-corrected chi connectivity index (χ0v) is 17.6. The molecule has 0 bridgehead atoms. The van der Waals surface area contributed by atoms with Crippen LogP contribution in [0.2, 0.25) is 0 Å². The lowest BCUT2D eigenvalue weighted by Crippen LogP contribution is -2.21. The second-order valence-electron chi connectivity index (χ2n) is 7.03. The molecule has 2 aromatic rings. The van der Waals surface area contributed by atoms with Gasteiger partial charge in [-0.1, -0.05) is 26.0 Å². The third kappa shape index (κ3) is 9.34. The first-order chi connectivity index (χ1) is 14.1. The Hall–Kier alpha value is -2.73. The maximum absolute atomic E-state index is 12.3. The van der Waals surface area contributed by atoms with Crippen LogP contribution in [-0.4, -0.2) is 38.9 Å². The minimum atomic E-state index is -0.136. The van der Waals surface area contributed by atoms with Crippen LogP contribution in [0.4, 0.5) is 11.4 Å². The van der Waals surface area contributed by atoms with Crippen LogP contribution in [0.3, 0.4) is 0 Å². The molecule has 6 nitrogen and oxygen atoms in total. The van der Waals surface area contributed by atoms with E-state index in [0.29, 0.717) is 43.8 Å². The van der Waals surface area contributed by atoms with Crippen molar-refractivity contribution < 1.29 is 19.0 Å². The van der Waals surface area contributed by atoms with Gasteiger partial charge < -0.3 is 24.8 Å². The quantitative estimate of drug-likeness (QED) is 0.482. The molecule has 0 aliphatic rings. The summed E-state index contributed by atoms with van der Waals surface area (Å²) in [5, 5.41) is 6.00. The Balaban J connectivity index is 1.78. The number of nitrogens with one attached hydrogen (secondary N) is 2. The lowest BCUT2D eigenvalue weighted by molar-refractivity contribution is -0.114. The molecule has 0 fully saturated rings. The lowest BCUT2D eigenvalue weighted by atomic mass is 10.1. The van der Waals surface area contributed by atoms with E-state index in [-0.39, 0.29) is 12.5 Å². The Labute approximate surface area is 173 Å². The molecule has 29 heavy (non-hydrogen) atoms. The summed E-state index contributed by atoms with van der Waals surface area (Å²) in [6.07, 6.45) is 1.01. The first-order valence-electron chi connectivity index (χ1n) is 10.1. The fourth-order valence-corrected chi connectivity index (χ4v) is 2.52. The van der Waals surface area contributed by atoms with Gasteiger partial charge in [0.25, 0.3) is 0 Å². The number of carbonyl (C=O) groups excluding carboxylic acids is 1.